The molecule has 0 saturated carbocycles. The molecule has 0 spiro atoms. The van der Waals surface area contributed by atoms with Crippen molar-refractivity contribution in [3.63, 3.8) is 0 Å². The molecule has 1 N–H and O–H groups in total. The molecule has 2 aromatic carbocycles. The van der Waals surface area contributed by atoms with Crippen molar-refractivity contribution >= 4 is 11.8 Å². The molecule has 1 aromatic heterocycles. The van der Waals surface area contributed by atoms with Crippen molar-refractivity contribution in [1.82, 2.24) is 10.2 Å². The number of carbonyl (C=O) groups excluding carboxylic acids is 2. The van der Waals surface area contributed by atoms with Crippen LogP contribution in [0.4, 0.5) is 0 Å². The van der Waals surface area contributed by atoms with E-state index in [1.165, 1.54) is 25.4 Å². The fraction of sp³-hybridized carbons (Fsp3) is 0.333. The lowest BCUT2D eigenvalue weighted by Crippen LogP contribution is -2.49. The third kappa shape index (κ3) is 5.40. The van der Waals surface area contributed by atoms with Crippen LogP contribution in [0.15, 0.2) is 59.2 Å². The summed E-state index contributed by atoms with van der Waals surface area (Å²) in [4.78, 5) is 29.1. The Bertz CT molecular complexity index is 1230. The Hall–Kier alpha value is -4.14. The van der Waals surface area contributed by atoms with E-state index in [-0.39, 0.29) is 25.2 Å². The van der Waals surface area contributed by atoms with Crippen LogP contribution in [0.3, 0.4) is 0 Å². The molecule has 0 radical (unpaired) electrons. The molecular weight excluding hydrogens is 464 g/mol. The van der Waals surface area contributed by atoms with Crippen molar-refractivity contribution in [3.05, 3.63) is 71.7 Å². The average Bonchev–Trinajstić information content (AvgIpc) is 3.53. The molecule has 9 nitrogen and oxygen atoms in total. The standard InChI is InChI=1S/C27H30N2O7/c1-27(2,3)28-25(30)24(21-7-6-12-34-21)29(15-17-8-10-20-23(13-17)36-16-35-20)26(31)18-9-11-19(32-4)22(14-18)33-5/h6-14,24H,15-16H2,1-5H3,(H,28,30). The number of nitrogens with zero attached hydrogens (tertiary/aromatic N) is 1. The highest BCUT2D eigenvalue weighted by Gasteiger charge is 2.36. The lowest BCUT2D eigenvalue weighted by atomic mass is 10.0. The van der Waals surface area contributed by atoms with Gasteiger partial charge in [-0.2, -0.15) is 0 Å². The molecule has 0 saturated heterocycles. The minimum atomic E-state index is -1.04. The molecule has 1 aliphatic heterocycles. The van der Waals surface area contributed by atoms with Crippen LogP contribution in [0.25, 0.3) is 0 Å². The fourth-order valence-corrected chi connectivity index (χ4v) is 3.96. The summed E-state index contributed by atoms with van der Waals surface area (Å²) in [7, 11) is 3.02. The summed E-state index contributed by atoms with van der Waals surface area (Å²) < 4.78 is 27.3. The maximum Gasteiger partial charge on any atom is 0.255 e. The summed E-state index contributed by atoms with van der Waals surface area (Å²) in [6.07, 6.45) is 1.48. The number of nitrogens with one attached hydrogen (secondary N) is 1. The first-order valence-electron chi connectivity index (χ1n) is 11.5. The van der Waals surface area contributed by atoms with E-state index in [9.17, 15) is 9.59 Å². The summed E-state index contributed by atoms with van der Waals surface area (Å²) in [5.41, 5.74) is 0.556. The molecule has 1 unspecified atom stereocenters. The fourth-order valence-electron chi connectivity index (χ4n) is 3.96. The molecule has 0 bridgehead atoms. The van der Waals surface area contributed by atoms with Gasteiger partial charge in [0.15, 0.2) is 29.0 Å². The molecule has 2 heterocycles. The number of rotatable bonds is 8. The summed E-state index contributed by atoms with van der Waals surface area (Å²) in [5.74, 6) is 1.69. The van der Waals surface area contributed by atoms with Gasteiger partial charge in [0.2, 0.25) is 6.79 Å². The second-order valence-electron chi connectivity index (χ2n) is 9.35. The molecule has 1 atom stereocenters. The number of hydrogen-bond donors (Lipinski definition) is 1. The normalized spacial score (nSPS) is 13.1. The van der Waals surface area contributed by atoms with Gasteiger partial charge in [0.1, 0.15) is 5.76 Å². The molecule has 3 aromatic rings. The summed E-state index contributed by atoms with van der Waals surface area (Å²) in [6, 6.07) is 12.6. The second-order valence-corrected chi connectivity index (χ2v) is 9.35. The number of hydrogen-bond acceptors (Lipinski definition) is 7. The van der Waals surface area contributed by atoms with Gasteiger partial charge in [-0.15, -0.1) is 0 Å². The molecule has 36 heavy (non-hydrogen) atoms. The summed E-state index contributed by atoms with van der Waals surface area (Å²) in [6.45, 7) is 5.87. The Morgan fingerprint density at radius 1 is 1.00 bits per heavy atom. The van der Waals surface area contributed by atoms with Crippen LogP contribution in [-0.2, 0) is 11.3 Å². The molecule has 2 amide bonds. The van der Waals surface area contributed by atoms with Gasteiger partial charge in [-0.1, -0.05) is 6.07 Å². The highest BCUT2D eigenvalue weighted by Crippen LogP contribution is 2.35. The summed E-state index contributed by atoms with van der Waals surface area (Å²) >= 11 is 0. The van der Waals surface area contributed by atoms with E-state index in [0.29, 0.717) is 34.3 Å². The number of furan rings is 1. The van der Waals surface area contributed by atoms with Crippen LogP contribution < -0.4 is 24.3 Å². The van der Waals surface area contributed by atoms with Gasteiger partial charge in [-0.25, -0.2) is 0 Å². The zero-order valence-corrected chi connectivity index (χ0v) is 21.0. The number of amides is 2. The van der Waals surface area contributed by atoms with Crippen molar-refractivity contribution in [3.8, 4) is 23.0 Å². The van der Waals surface area contributed by atoms with Crippen molar-refractivity contribution in [2.45, 2.75) is 38.9 Å². The number of carbonyl (C=O) groups is 2. The largest absolute Gasteiger partial charge is 0.493 e. The monoisotopic (exact) mass is 494 g/mol. The van der Waals surface area contributed by atoms with Gasteiger partial charge in [-0.05, 0) is 68.8 Å². The second kappa shape index (κ2) is 10.2. The molecule has 1 aliphatic rings. The smallest absolute Gasteiger partial charge is 0.255 e. The van der Waals surface area contributed by atoms with E-state index in [2.05, 4.69) is 5.32 Å². The van der Waals surface area contributed by atoms with Crippen molar-refractivity contribution in [2.24, 2.45) is 0 Å². The first kappa shape index (κ1) is 25.0. The van der Waals surface area contributed by atoms with Gasteiger partial charge in [-0.3, -0.25) is 9.59 Å². The lowest BCUT2D eigenvalue weighted by Gasteiger charge is -2.32. The minimum Gasteiger partial charge on any atom is -0.493 e. The Kier molecular flexibility index (Phi) is 7.10. The zero-order valence-electron chi connectivity index (χ0n) is 21.0. The van der Waals surface area contributed by atoms with Crippen LogP contribution in [0, 0.1) is 0 Å². The predicted octanol–water partition coefficient (Wildman–Crippen LogP) is 4.32. The molecule has 190 valence electrons. The van der Waals surface area contributed by atoms with Gasteiger partial charge in [0.25, 0.3) is 11.8 Å². The van der Waals surface area contributed by atoms with E-state index in [0.717, 1.165) is 5.56 Å². The lowest BCUT2D eigenvalue weighted by molar-refractivity contribution is -0.128. The summed E-state index contributed by atoms with van der Waals surface area (Å²) in [5, 5.41) is 2.98. The molecule has 9 heteroatoms. The van der Waals surface area contributed by atoms with Gasteiger partial charge in [0.05, 0.1) is 20.5 Å². The van der Waals surface area contributed by atoms with E-state index < -0.39 is 11.6 Å². The van der Waals surface area contributed by atoms with E-state index in [1.54, 1.807) is 42.5 Å². The Morgan fingerprint density at radius 3 is 2.42 bits per heavy atom. The molecule has 0 fully saturated rings. The van der Waals surface area contributed by atoms with E-state index in [1.807, 2.05) is 26.8 Å². The van der Waals surface area contributed by atoms with E-state index >= 15 is 0 Å². The maximum absolute atomic E-state index is 14.0. The Labute approximate surface area is 209 Å². The van der Waals surface area contributed by atoms with Crippen molar-refractivity contribution in [1.29, 1.82) is 0 Å². The van der Waals surface area contributed by atoms with Crippen LogP contribution in [0.5, 0.6) is 23.0 Å². The topological polar surface area (TPSA) is 99.5 Å². The zero-order chi connectivity index (χ0) is 25.9. The van der Waals surface area contributed by atoms with Crippen LogP contribution in [0.2, 0.25) is 0 Å². The first-order valence-corrected chi connectivity index (χ1v) is 11.5. The van der Waals surface area contributed by atoms with Crippen molar-refractivity contribution < 1.29 is 33.0 Å². The highest BCUT2D eigenvalue weighted by atomic mass is 16.7. The Morgan fingerprint density at radius 2 is 1.75 bits per heavy atom. The average molecular weight is 495 g/mol. The number of fused-ring (bicyclic) bond motifs is 1. The van der Waals surface area contributed by atoms with Gasteiger partial charge in [0, 0.05) is 17.6 Å². The SMILES string of the molecule is COc1ccc(C(=O)N(Cc2ccc3c(c2)OCO3)C(C(=O)NC(C)(C)C)c2ccco2)cc1OC. The molecular formula is C27H30N2O7. The number of ether oxygens (including phenoxy) is 4. The quantitative estimate of drug-likeness (QED) is 0.498. The van der Waals surface area contributed by atoms with Crippen LogP contribution >= 0.6 is 0 Å². The van der Waals surface area contributed by atoms with Gasteiger partial charge >= 0.3 is 0 Å². The van der Waals surface area contributed by atoms with Crippen LogP contribution in [-0.4, -0.2) is 43.3 Å². The number of benzene rings is 2. The third-order valence-corrected chi connectivity index (χ3v) is 5.55. The highest BCUT2D eigenvalue weighted by molar-refractivity contribution is 5.98. The molecule has 0 aliphatic carbocycles. The van der Waals surface area contributed by atoms with Crippen molar-refractivity contribution in [2.75, 3.05) is 21.0 Å². The maximum atomic E-state index is 14.0. The minimum absolute atomic E-state index is 0.104. The third-order valence-electron chi connectivity index (χ3n) is 5.55. The first-order chi connectivity index (χ1) is 17.2. The number of methoxy groups -OCH3 is 2. The van der Waals surface area contributed by atoms with Crippen LogP contribution in [0.1, 0.15) is 48.5 Å². The van der Waals surface area contributed by atoms with E-state index in [4.69, 9.17) is 23.4 Å². The van der Waals surface area contributed by atoms with Gasteiger partial charge < -0.3 is 33.6 Å². The molecule has 4 rings (SSSR count). The predicted molar refractivity (Wildman–Crippen MR) is 131 cm³/mol. The Balaban J connectivity index is 1.78.